The Kier molecular flexibility index (Phi) is 19.9. The van der Waals surface area contributed by atoms with Gasteiger partial charge in [-0.3, -0.25) is 4.79 Å². The minimum Gasteiger partial charge on any atom is -0.481 e. The van der Waals surface area contributed by atoms with Crippen molar-refractivity contribution in [2.24, 2.45) is 0 Å². The molecule has 0 aliphatic rings. The van der Waals surface area contributed by atoms with E-state index in [-0.39, 0.29) is 19.3 Å². The Bertz CT molecular complexity index is 1010. The molecule has 4 N–H and O–H groups in total. The number of aliphatic carboxylic acids is 4. The van der Waals surface area contributed by atoms with Gasteiger partial charge in [-0.25, -0.2) is 28.8 Å². The number of ether oxygens (including phenoxy) is 3. The van der Waals surface area contributed by atoms with Crippen molar-refractivity contribution in [3.8, 4) is 0 Å². The molecule has 0 aromatic carbocycles. The standard InChI is InChI=1S/C28H38O14/c1-19(40-26(37)16-13-23(31)32)7-5-6-9-21(42-28(39)18-15-25(35)36)12-11-20(8-3-2-4-10-22(29)30)41-27(38)17-14-24(33)34/h13-21H,2-12H2,1H3,(H,29,30)(H,31,32)(H,33,34)(H,35,36)/b16-13+,17-14+,18-15+. The van der Waals surface area contributed by atoms with Crippen LogP contribution >= 0.6 is 0 Å². The highest BCUT2D eigenvalue weighted by molar-refractivity contribution is 5.91. The number of esters is 3. The first kappa shape index (κ1) is 37.5. The van der Waals surface area contributed by atoms with Crippen molar-refractivity contribution >= 4 is 41.8 Å². The predicted molar refractivity (Wildman–Crippen MR) is 144 cm³/mol. The van der Waals surface area contributed by atoms with Gasteiger partial charge in [-0.05, 0) is 64.7 Å². The fourth-order valence-electron chi connectivity index (χ4n) is 3.65. The predicted octanol–water partition coefficient (Wildman–Crippen LogP) is 3.04. The quantitative estimate of drug-likeness (QED) is 0.0573. The third-order valence-corrected chi connectivity index (χ3v) is 5.58. The first-order valence-electron chi connectivity index (χ1n) is 13.3. The maximum atomic E-state index is 12.1. The first-order chi connectivity index (χ1) is 19.8. The molecule has 0 aromatic heterocycles. The smallest absolute Gasteiger partial charge is 0.331 e. The summed E-state index contributed by atoms with van der Waals surface area (Å²) < 4.78 is 15.8. The number of carboxylic acids is 4. The lowest BCUT2D eigenvalue weighted by Crippen LogP contribution is -2.23. The van der Waals surface area contributed by atoms with E-state index in [0.29, 0.717) is 69.6 Å². The largest absolute Gasteiger partial charge is 0.481 e. The average molecular weight is 599 g/mol. The van der Waals surface area contributed by atoms with Gasteiger partial charge in [-0.15, -0.1) is 0 Å². The lowest BCUT2D eigenvalue weighted by atomic mass is 10.00. The van der Waals surface area contributed by atoms with Crippen LogP contribution in [0.1, 0.15) is 77.6 Å². The molecule has 0 spiro atoms. The van der Waals surface area contributed by atoms with E-state index in [1.165, 1.54) is 0 Å². The van der Waals surface area contributed by atoms with Crippen LogP contribution in [0.4, 0.5) is 0 Å². The van der Waals surface area contributed by atoms with Crippen molar-refractivity contribution in [1.29, 1.82) is 0 Å². The van der Waals surface area contributed by atoms with Crippen molar-refractivity contribution in [3.63, 3.8) is 0 Å². The molecule has 0 aromatic rings. The van der Waals surface area contributed by atoms with E-state index >= 15 is 0 Å². The summed E-state index contributed by atoms with van der Waals surface area (Å²) in [6.45, 7) is 1.63. The number of carbonyl (C=O) groups is 7. The lowest BCUT2D eigenvalue weighted by molar-refractivity contribution is -0.148. The van der Waals surface area contributed by atoms with E-state index in [1.54, 1.807) is 6.92 Å². The molecule has 0 saturated heterocycles. The molecule has 0 heterocycles. The van der Waals surface area contributed by atoms with Crippen LogP contribution in [-0.4, -0.2) is 80.5 Å². The molecule has 42 heavy (non-hydrogen) atoms. The Morgan fingerprint density at radius 1 is 0.500 bits per heavy atom. The van der Waals surface area contributed by atoms with E-state index < -0.39 is 60.1 Å². The van der Waals surface area contributed by atoms with Crippen molar-refractivity contribution in [3.05, 3.63) is 36.5 Å². The molecule has 14 nitrogen and oxygen atoms in total. The molecule has 0 radical (unpaired) electrons. The minimum atomic E-state index is -1.34. The number of hydrogen-bond donors (Lipinski definition) is 4. The summed E-state index contributed by atoms with van der Waals surface area (Å²) in [4.78, 5) is 78.4. The van der Waals surface area contributed by atoms with Crippen LogP contribution in [0.2, 0.25) is 0 Å². The summed E-state index contributed by atoms with van der Waals surface area (Å²) in [6, 6.07) is 0. The summed E-state index contributed by atoms with van der Waals surface area (Å²) in [6.07, 6.45) is 6.44. The molecule has 0 bridgehead atoms. The van der Waals surface area contributed by atoms with E-state index in [9.17, 15) is 33.6 Å². The number of hydrogen-bond acceptors (Lipinski definition) is 10. The molecule has 3 unspecified atom stereocenters. The van der Waals surface area contributed by atoms with Gasteiger partial charge in [0, 0.05) is 42.9 Å². The van der Waals surface area contributed by atoms with Gasteiger partial charge in [0.05, 0.1) is 6.10 Å². The molecule has 0 rings (SSSR count). The zero-order valence-electron chi connectivity index (χ0n) is 23.3. The third kappa shape index (κ3) is 23.4. The minimum absolute atomic E-state index is 0.00938. The highest BCUT2D eigenvalue weighted by Gasteiger charge is 2.20. The van der Waals surface area contributed by atoms with Gasteiger partial charge in [-0.2, -0.15) is 0 Å². The summed E-state index contributed by atoms with van der Waals surface area (Å²) >= 11 is 0. The van der Waals surface area contributed by atoms with Crippen LogP contribution < -0.4 is 0 Å². The highest BCUT2D eigenvalue weighted by Crippen LogP contribution is 2.20. The van der Waals surface area contributed by atoms with Gasteiger partial charge in [0.1, 0.15) is 12.2 Å². The first-order valence-corrected chi connectivity index (χ1v) is 13.3. The Morgan fingerprint density at radius 2 is 0.881 bits per heavy atom. The number of carboxylic acid groups (broad SMARTS) is 4. The zero-order valence-corrected chi connectivity index (χ0v) is 23.3. The van der Waals surface area contributed by atoms with Gasteiger partial charge in [0.15, 0.2) is 0 Å². The fourth-order valence-corrected chi connectivity index (χ4v) is 3.65. The van der Waals surface area contributed by atoms with Crippen LogP contribution in [0.5, 0.6) is 0 Å². The average Bonchev–Trinajstić information content (AvgIpc) is 2.89. The summed E-state index contributed by atoms with van der Waals surface area (Å²) in [5, 5.41) is 34.8. The Balaban J connectivity index is 5.19. The molecule has 3 atom stereocenters. The number of unbranched alkanes of at least 4 members (excludes halogenated alkanes) is 3. The Hall–Kier alpha value is -4.49. The van der Waals surface area contributed by atoms with E-state index in [0.717, 1.165) is 18.2 Å². The van der Waals surface area contributed by atoms with Gasteiger partial charge in [0.2, 0.25) is 0 Å². The molecule has 0 aliphatic carbocycles. The number of rotatable bonds is 23. The van der Waals surface area contributed by atoms with Crippen molar-refractivity contribution < 1.29 is 68.2 Å². The number of carbonyl (C=O) groups excluding carboxylic acids is 3. The highest BCUT2D eigenvalue weighted by atomic mass is 16.6. The fraction of sp³-hybridized carbons (Fsp3) is 0.536. The van der Waals surface area contributed by atoms with E-state index in [4.69, 9.17) is 34.6 Å². The van der Waals surface area contributed by atoms with Crippen molar-refractivity contribution in [2.75, 3.05) is 0 Å². The molecule has 0 aliphatic heterocycles. The van der Waals surface area contributed by atoms with Crippen molar-refractivity contribution in [1.82, 2.24) is 0 Å². The zero-order chi connectivity index (χ0) is 31.9. The lowest BCUT2D eigenvalue weighted by Gasteiger charge is -2.22. The molecular weight excluding hydrogens is 560 g/mol. The van der Waals surface area contributed by atoms with Gasteiger partial charge >= 0.3 is 41.8 Å². The molecular formula is C28H38O14. The molecule has 234 valence electrons. The van der Waals surface area contributed by atoms with E-state index in [1.807, 2.05) is 0 Å². The van der Waals surface area contributed by atoms with Crippen LogP contribution in [0.25, 0.3) is 0 Å². The monoisotopic (exact) mass is 598 g/mol. The second-order valence-electron chi connectivity index (χ2n) is 9.23. The third-order valence-electron chi connectivity index (χ3n) is 5.58. The maximum Gasteiger partial charge on any atom is 0.331 e. The van der Waals surface area contributed by atoms with Crippen LogP contribution in [0.15, 0.2) is 36.5 Å². The summed E-state index contributed by atoms with van der Waals surface area (Å²) in [7, 11) is 0. The second kappa shape index (κ2) is 22.2. The van der Waals surface area contributed by atoms with Gasteiger partial charge in [-0.1, -0.05) is 6.42 Å². The van der Waals surface area contributed by atoms with Gasteiger partial charge < -0.3 is 34.6 Å². The van der Waals surface area contributed by atoms with Crippen LogP contribution in [0.3, 0.4) is 0 Å². The SMILES string of the molecule is CC(CCCCC(CCC(CCCCCC(=O)O)OC(=O)/C=C/C(=O)O)OC(=O)/C=C/C(=O)O)OC(=O)/C=C/C(=O)O. The summed E-state index contributed by atoms with van der Waals surface area (Å²) in [5.41, 5.74) is 0. The Labute approximate surface area is 242 Å². The second-order valence-corrected chi connectivity index (χ2v) is 9.23. The maximum absolute atomic E-state index is 12.1. The molecule has 0 amide bonds. The summed E-state index contributed by atoms with van der Waals surface area (Å²) in [5.74, 6) is -7.46. The molecule has 0 fully saturated rings. The van der Waals surface area contributed by atoms with Crippen LogP contribution in [-0.2, 0) is 47.8 Å². The molecule has 0 saturated carbocycles. The topological polar surface area (TPSA) is 228 Å². The van der Waals surface area contributed by atoms with Crippen LogP contribution in [0, 0.1) is 0 Å². The Morgan fingerprint density at radius 3 is 1.29 bits per heavy atom. The normalized spacial score (nSPS) is 13.5. The van der Waals surface area contributed by atoms with E-state index in [2.05, 4.69) is 0 Å². The molecule has 14 heteroatoms. The van der Waals surface area contributed by atoms with Gasteiger partial charge in [0.25, 0.3) is 0 Å². The van der Waals surface area contributed by atoms with Crippen molar-refractivity contribution in [2.45, 2.75) is 95.9 Å².